The summed E-state index contributed by atoms with van der Waals surface area (Å²) in [5.74, 6) is 0.923. The Morgan fingerprint density at radius 3 is 2.56 bits per heavy atom. The molecule has 0 unspecified atom stereocenters. The maximum absolute atomic E-state index is 10.5. The Bertz CT molecular complexity index is 504. The zero-order valence-electron chi connectivity index (χ0n) is 8.20. The quantitative estimate of drug-likeness (QED) is 0.751. The van der Waals surface area contributed by atoms with Crippen LogP contribution in [0.1, 0.15) is 0 Å². The molecule has 2 aromatic rings. The molecular formula is C10H9N3O3. The largest absolute Gasteiger partial charge is 0.463 e. The fourth-order valence-corrected chi connectivity index (χ4v) is 1.14. The van der Waals surface area contributed by atoms with Crippen LogP contribution >= 0.6 is 0 Å². The molecule has 16 heavy (non-hydrogen) atoms. The first kappa shape index (κ1) is 10.0. The Morgan fingerprint density at radius 2 is 2.00 bits per heavy atom. The van der Waals surface area contributed by atoms with Crippen molar-refractivity contribution in [2.75, 3.05) is 5.73 Å². The molecule has 0 aliphatic heterocycles. The maximum atomic E-state index is 10.5. The molecule has 0 radical (unpaired) electrons. The smallest absolute Gasteiger partial charge is 0.432 e. The number of carboxylic acid groups (broad SMARTS) is 1. The van der Waals surface area contributed by atoms with Crippen molar-refractivity contribution in [3.63, 3.8) is 0 Å². The van der Waals surface area contributed by atoms with Gasteiger partial charge >= 0.3 is 6.09 Å². The van der Waals surface area contributed by atoms with E-state index in [1.165, 1.54) is 12.4 Å². The van der Waals surface area contributed by atoms with Crippen molar-refractivity contribution >= 4 is 11.8 Å². The molecule has 0 spiro atoms. The van der Waals surface area contributed by atoms with Gasteiger partial charge in [-0.15, -0.1) is 0 Å². The highest BCUT2D eigenvalue weighted by molar-refractivity contribution is 5.67. The maximum Gasteiger partial charge on any atom is 0.432 e. The third-order valence-electron chi connectivity index (χ3n) is 1.87. The summed E-state index contributed by atoms with van der Waals surface area (Å²) in [5.41, 5.74) is 6.15. The van der Waals surface area contributed by atoms with Gasteiger partial charge in [0.2, 0.25) is 0 Å². The van der Waals surface area contributed by atoms with E-state index < -0.39 is 6.09 Å². The summed E-state index contributed by atoms with van der Waals surface area (Å²) in [6.07, 6.45) is 1.44. The van der Waals surface area contributed by atoms with Crippen LogP contribution in [-0.4, -0.2) is 21.0 Å². The van der Waals surface area contributed by atoms with E-state index in [-0.39, 0.29) is 0 Å². The molecule has 1 aromatic heterocycles. The van der Waals surface area contributed by atoms with E-state index in [4.69, 9.17) is 15.6 Å². The second-order valence-corrected chi connectivity index (χ2v) is 3.07. The fraction of sp³-hybridized carbons (Fsp3) is 0. The van der Waals surface area contributed by atoms with Gasteiger partial charge in [0.1, 0.15) is 5.75 Å². The van der Waals surface area contributed by atoms with Crippen molar-refractivity contribution < 1.29 is 14.6 Å². The Hall–Kier alpha value is -2.50. The summed E-state index contributed by atoms with van der Waals surface area (Å²) in [6.45, 7) is 0. The van der Waals surface area contributed by atoms with Crippen LogP contribution in [0.4, 0.5) is 10.5 Å². The Morgan fingerprint density at radius 1 is 1.31 bits per heavy atom. The van der Waals surface area contributed by atoms with Crippen molar-refractivity contribution in [1.29, 1.82) is 0 Å². The molecule has 2 rings (SSSR count). The van der Waals surface area contributed by atoms with Gasteiger partial charge in [-0.2, -0.15) is 9.78 Å². The molecule has 3 N–H and O–H groups in total. The van der Waals surface area contributed by atoms with Crippen LogP contribution < -0.4 is 10.5 Å². The number of anilines is 1. The molecule has 1 aromatic carbocycles. The minimum absolute atomic E-state index is 0.354. The number of carbonyl (C=O) groups is 1. The van der Waals surface area contributed by atoms with Gasteiger partial charge in [-0.25, -0.2) is 4.79 Å². The molecule has 0 aliphatic carbocycles. The first-order valence-corrected chi connectivity index (χ1v) is 4.46. The van der Waals surface area contributed by atoms with Crippen LogP contribution in [0.2, 0.25) is 0 Å². The first-order valence-electron chi connectivity index (χ1n) is 4.46. The van der Waals surface area contributed by atoms with Gasteiger partial charge in [-0.3, -0.25) is 0 Å². The predicted octanol–water partition coefficient (Wildman–Crippen LogP) is 1.78. The monoisotopic (exact) mass is 219 g/mol. The van der Waals surface area contributed by atoms with E-state index in [1.807, 2.05) is 0 Å². The lowest BCUT2D eigenvalue weighted by atomic mass is 10.3. The highest BCUT2D eigenvalue weighted by Gasteiger charge is 2.05. The summed E-state index contributed by atoms with van der Waals surface area (Å²) >= 11 is 0. The number of hydrogen-bond acceptors (Lipinski definition) is 4. The zero-order chi connectivity index (χ0) is 11.5. The van der Waals surface area contributed by atoms with E-state index in [1.54, 1.807) is 24.3 Å². The number of rotatable bonds is 2. The van der Waals surface area contributed by atoms with Crippen molar-refractivity contribution in [2.45, 2.75) is 0 Å². The number of nitrogens with two attached hydrogens (primary N) is 1. The Balaban J connectivity index is 2.14. The normalized spacial score (nSPS) is 10.0. The van der Waals surface area contributed by atoms with Crippen molar-refractivity contribution in [3.05, 3.63) is 36.7 Å². The lowest BCUT2D eigenvalue weighted by Gasteiger charge is -2.01. The number of nitrogens with zero attached hydrogens (tertiary/aromatic N) is 2. The summed E-state index contributed by atoms with van der Waals surface area (Å²) in [6, 6.07) is 6.76. The van der Waals surface area contributed by atoms with E-state index in [0.29, 0.717) is 17.2 Å². The molecule has 1 heterocycles. The number of nitrogen functional groups attached to an aromatic ring is 1. The number of benzene rings is 1. The van der Waals surface area contributed by atoms with Crippen LogP contribution in [0.25, 0.3) is 0 Å². The van der Waals surface area contributed by atoms with Crippen molar-refractivity contribution in [1.82, 2.24) is 9.78 Å². The lowest BCUT2D eigenvalue weighted by Crippen LogP contribution is -2.07. The van der Waals surface area contributed by atoms with E-state index in [0.717, 1.165) is 4.68 Å². The SMILES string of the molecule is Nc1ccc(Oc2cnn(C(=O)O)c2)cc1. The second kappa shape index (κ2) is 3.93. The molecule has 0 amide bonds. The number of hydrogen-bond donors (Lipinski definition) is 2. The fourth-order valence-electron chi connectivity index (χ4n) is 1.14. The molecule has 0 saturated carbocycles. The Kier molecular flexibility index (Phi) is 2.47. The van der Waals surface area contributed by atoms with Gasteiger partial charge in [0.25, 0.3) is 0 Å². The van der Waals surface area contributed by atoms with Gasteiger partial charge in [0.05, 0.1) is 12.4 Å². The first-order chi connectivity index (χ1) is 7.65. The third-order valence-corrected chi connectivity index (χ3v) is 1.87. The molecule has 0 bridgehead atoms. The number of aromatic nitrogens is 2. The minimum atomic E-state index is -1.16. The Labute approximate surface area is 90.9 Å². The second-order valence-electron chi connectivity index (χ2n) is 3.07. The topological polar surface area (TPSA) is 90.4 Å². The minimum Gasteiger partial charge on any atom is -0.463 e. The van der Waals surface area contributed by atoms with Crippen molar-refractivity contribution in [3.8, 4) is 11.5 Å². The third kappa shape index (κ3) is 2.11. The summed E-state index contributed by atoms with van der Waals surface area (Å²) in [4.78, 5) is 10.5. The van der Waals surface area contributed by atoms with Crippen LogP contribution in [0, 0.1) is 0 Å². The van der Waals surface area contributed by atoms with Gasteiger partial charge in [0, 0.05) is 5.69 Å². The molecule has 6 nitrogen and oxygen atoms in total. The molecule has 0 saturated heterocycles. The van der Waals surface area contributed by atoms with Crippen molar-refractivity contribution in [2.24, 2.45) is 0 Å². The van der Waals surface area contributed by atoms with Crippen LogP contribution in [-0.2, 0) is 0 Å². The van der Waals surface area contributed by atoms with E-state index in [9.17, 15) is 4.79 Å². The van der Waals surface area contributed by atoms with Crippen LogP contribution in [0.3, 0.4) is 0 Å². The molecule has 82 valence electrons. The standard InChI is InChI=1S/C10H9N3O3/c11-7-1-3-8(4-2-7)16-9-5-12-13(6-9)10(14)15/h1-6H,11H2,(H,14,15). The predicted molar refractivity (Wildman–Crippen MR) is 56.6 cm³/mol. The highest BCUT2D eigenvalue weighted by atomic mass is 16.5. The molecule has 0 aliphatic rings. The summed E-state index contributed by atoms with van der Waals surface area (Å²) in [7, 11) is 0. The molecule has 0 fully saturated rings. The summed E-state index contributed by atoms with van der Waals surface area (Å²) < 4.78 is 6.13. The molecule has 6 heteroatoms. The van der Waals surface area contributed by atoms with E-state index in [2.05, 4.69) is 5.10 Å². The van der Waals surface area contributed by atoms with E-state index >= 15 is 0 Å². The molecular weight excluding hydrogens is 210 g/mol. The van der Waals surface area contributed by atoms with Crippen LogP contribution in [0.5, 0.6) is 11.5 Å². The highest BCUT2D eigenvalue weighted by Crippen LogP contribution is 2.21. The average molecular weight is 219 g/mol. The molecule has 0 atom stereocenters. The van der Waals surface area contributed by atoms with Gasteiger partial charge in [0.15, 0.2) is 5.75 Å². The van der Waals surface area contributed by atoms with Gasteiger partial charge in [-0.1, -0.05) is 0 Å². The average Bonchev–Trinajstić information content (AvgIpc) is 2.70. The van der Waals surface area contributed by atoms with Gasteiger partial charge < -0.3 is 15.6 Å². The lowest BCUT2D eigenvalue weighted by molar-refractivity contribution is 0.192. The zero-order valence-corrected chi connectivity index (χ0v) is 8.20. The van der Waals surface area contributed by atoms with Gasteiger partial charge in [-0.05, 0) is 24.3 Å². The number of ether oxygens (including phenoxy) is 1. The van der Waals surface area contributed by atoms with Crippen LogP contribution in [0.15, 0.2) is 36.7 Å². The summed E-state index contributed by atoms with van der Waals surface area (Å²) in [5, 5.41) is 12.2.